The molecule has 1 unspecified atom stereocenters. The maximum atomic E-state index is 11.7. The van der Waals surface area contributed by atoms with Crippen LogP contribution in [-0.4, -0.2) is 46.5 Å². The van der Waals surface area contributed by atoms with Crippen LogP contribution in [0.25, 0.3) is 0 Å². The third-order valence-corrected chi connectivity index (χ3v) is 4.20. The zero-order valence-corrected chi connectivity index (χ0v) is 11.4. The van der Waals surface area contributed by atoms with Crippen LogP contribution in [0.5, 0.6) is 0 Å². The second kappa shape index (κ2) is 8.02. The Morgan fingerprint density at radius 2 is 2.24 bits per heavy atom. The molecule has 0 bridgehead atoms. The lowest BCUT2D eigenvalue weighted by Crippen LogP contribution is -2.37. The predicted octanol–water partition coefficient (Wildman–Crippen LogP) is 0.475. The number of ether oxygens (including phenoxy) is 1. The lowest BCUT2D eigenvalue weighted by molar-refractivity contribution is 0.133. The molecule has 0 aromatic heterocycles. The summed E-state index contributed by atoms with van der Waals surface area (Å²) in [7, 11) is -3.13. The van der Waals surface area contributed by atoms with Crippen molar-refractivity contribution in [3.05, 3.63) is 0 Å². The van der Waals surface area contributed by atoms with Crippen molar-refractivity contribution in [1.29, 1.82) is 0 Å². The van der Waals surface area contributed by atoms with Crippen molar-refractivity contribution in [1.82, 2.24) is 10.0 Å². The minimum Gasteiger partial charge on any atom is -0.381 e. The summed E-state index contributed by atoms with van der Waals surface area (Å²) >= 11 is 0. The van der Waals surface area contributed by atoms with Gasteiger partial charge in [0.05, 0.1) is 5.75 Å². The normalized spacial score (nSPS) is 20.9. The first-order valence-electron chi connectivity index (χ1n) is 6.42. The Kier molecular flexibility index (Phi) is 7.03. The Balaban J connectivity index is 2.07. The molecular weight excluding hydrogens is 240 g/mol. The molecule has 102 valence electrons. The van der Waals surface area contributed by atoms with Gasteiger partial charge in [0, 0.05) is 25.8 Å². The average Bonchev–Trinajstić information content (AvgIpc) is 2.75. The van der Waals surface area contributed by atoms with Crippen molar-refractivity contribution >= 4 is 10.0 Å². The Morgan fingerprint density at radius 1 is 1.41 bits per heavy atom. The number of hydrogen-bond donors (Lipinski definition) is 2. The molecule has 0 aromatic carbocycles. The SMILES string of the molecule is CCCOCCCNS(=O)(=O)CC1CCCN1. The van der Waals surface area contributed by atoms with Crippen LogP contribution in [0.2, 0.25) is 0 Å². The highest BCUT2D eigenvalue weighted by Crippen LogP contribution is 2.06. The summed E-state index contributed by atoms with van der Waals surface area (Å²) in [5.74, 6) is 0.197. The van der Waals surface area contributed by atoms with E-state index in [1.165, 1.54) is 0 Å². The molecule has 1 saturated heterocycles. The molecule has 6 heteroatoms. The number of hydrogen-bond acceptors (Lipinski definition) is 4. The van der Waals surface area contributed by atoms with Gasteiger partial charge < -0.3 is 10.1 Å². The molecule has 1 heterocycles. The zero-order chi connectivity index (χ0) is 12.6. The molecule has 1 aliphatic rings. The quantitative estimate of drug-likeness (QED) is 0.594. The lowest BCUT2D eigenvalue weighted by Gasteiger charge is -2.11. The maximum absolute atomic E-state index is 11.7. The van der Waals surface area contributed by atoms with E-state index in [-0.39, 0.29) is 11.8 Å². The summed E-state index contributed by atoms with van der Waals surface area (Å²) in [5, 5.41) is 3.19. The van der Waals surface area contributed by atoms with E-state index in [0.29, 0.717) is 13.2 Å². The summed E-state index contributed by atoms with van der Waals surface area (Å²) in [6, 6.07) is 0.129. The number of sulfonamides is 1. The first-order chi connectivity index (χ1) is 8.14. The van der Waals surface area contributed by atoms with Gasteiger partial charge in [-0.05, 0) is 32.2 Å². The molecular formula is C11H24N2O3S. The van der Waals surface area contributed by atoms with Gasteiger partial charge >= 0.3 is 0 Å². The van der Waals surface area contributed by atoms with Crippen LogP contribution >= 0.6 is 0 Å². The van der Waals surface area contributed by atoms with Gasteiger partial charge in [-0.2, -0.15) is 0 Å². The Bertz CT molecular complexity index is 287. The van der Waals surface area contributed by atoms with Crippen LogP contribution in [0.3, 0.4) is 0 Å². The molecule has 2 N–H and O–H groups in total. The van der Waals surface area contributed by atoms with E-state index in [2.05, 4.69) is 17.0 Å². The van der Waals surface area contributed by atoms with E-state index < -0.39 is 10.0 Å². The third-order valence-electron chi connectivity index (χ3n) is 2.72. The topological polar surface area (TPSA) is 67.4 Å². The van der Waals surface area contributed by atoms with E-state index in [4.69, 9.17) is 4.74 Å². The molecule has 1 aliphatic heterocycles. The second-order valence-corrected chi connectivity index (χ2v) is 6.29. The smallest absolute Gasteiger partial charge is 0.213 e. The fourth-order valence-electron chi connectivity index (χ4n) is 1.87. The largest absolute Gasteiger partial charge is 0.381 e. The van der Waals surface area contributed by atoms with Crippen molar-refractivity contribution in [3.8, 4) is 0 Å². The minimum atomic E-state index is -3.13. The summed E-state index contributed by atoms with van der Waals surface area (Å²) in [6.07, 6.45) is 3.77. The molecule has 0 amide bonds. The third kappa shape index (κ3) is 6.98. The Morgan fingerprint density at radius 3 is 2.88 bits per heavy atom. The van der Waals surface area contributed by atoms with Crippen LogP contribution < -0.4 is 10.0 Å². The number of rotatable bonds is 9. The first-order valence-corrected chi connectivity index (χ1v) is 8.08. The van der Waals surface area contributed by atoms with Gasteiger partial charge in [0.2, 0.25) is 10.0 Å². The fraction of sp³-hybridized carbons (Fsp3) is 1.00. The van der Waals surface area contributed by atoms with Crippen LogP contribution in [0.4, 0.5) is 0 Å². The van der Waals surface area contributed by atoms with Crippen molar-refractivity contribution in [2.75, 3.05) is 32.1 Å². The first kappa shape index (κ1) is 14.9. The van der Waals surface area contributed by atoms with Crippen LogP contribution in [0, 0.1) is 0 Å². The molecule has 5 nitrogen and oxygen atoms in total. The highest BCUT2D eigenvalue weighted by atomic mass is 32.2. The number of nitrogens with one attached hydrogen (secondary N) is 2. The molecule has 0 radical (unpaired) electrons. The van der Waals surface area contributed by atoms with Gasteiger partial charge in [0.25, 0.3) is 0 Å². The predicted molar refractivity (Wildman–Crippen MR) is 68.5 cm³/mol. The van der Waals surface area contributed by atoms with Crippen molar-refractivity contribution in [2.24, 2.45) is 0 Å². The highest BCUT2D eigenvalue weighted by Gasteiger charge is 2.21. The molecule has 0 saturated carbocycles. The van der Waals surface area contributed by atoms with E-state index in [1.807, 2.05) is 0 Å². The average molecular weight is 264 g/mol. The van der Waals surface area contributed by atoms with Crippen LogP contribution in [0.1, 0.15) is 32.6 Å². The van der Waals surface area contributed by atoms with Crippen LogP contribution in [0.15, 0.2) is 0 Å². The van der Waals surface area contributed by atoms with E-state index in [9.17, 15) is 8.42 Å². The van der Waals surface area contributed by atoms with Gasteiger partial charge in [-0.15, -0.1) is 0 Å². The minimum absolute atomic E-state index is 0.129. The molecule has 1 fully saturated rings. The summed E-state index contributed by atoms with van der Waals surface area (Å²) < 4.78 is 31.3. The monoisotopic (exact) mass is 264 g/mol. The van der Waals surface area contributed by atoms with Gasteiger partial charge in [0.15, 0.2) is 0 Å². The van der Waals surface area contributed by atoms with Crippen molar-refractivity contribution in [3.63, 3.8) is 0 Å². The molecule has 0 spiro atoms. The van der Waals surface area contributed by atoms with E-state index in [0.717, 1.165) is 38.8 Å². The molecule has 0 aliphatic carbocycles. The van der Waals surface area contributed by atoms with Crippen LogP contribution in [-0.2, 0) is 14.8 Å². The lowest BCUT2D eigenvalue weighted by atomic mass is 10.3. The van der Waals surface area contributed by atoms with E-state index >= 15 is 0 Å². The Labute approximate surface area is 104 Å². The van der Waals surface area contributed by atoms with Gasteiger partial charge in [-0.25, -0.2) is 13.1 Å². The summed E-state index contributed by atoms with van der Waals surface area (Å²) in [6.45, 7) is 4.83. The van der Waals surface area contributed by atoms with Gasteiger partial charge in [-0.1, -0.05) is 6.92 Å². The maximum Gasteiger partial charge on any atom is 0.213 e. The molecule has 17 heavy (non-hydrogen) atoms. The fourth-order valence-corrected chi connectivity index (χ4v) is 3.26. The van der Waals surface area contributed by atoms with E-state index in [1.54, 1.807) is 0 Å². The molecule has 1 rings (SSSR count). The van der Waals surface area contributed by atoms with Crippen molar-refractivity contribution in [2.45, 2.75) is 38.6 Å². The van der Waals surface area contributed by atoms with Crippen molar-refractivity contribution < 1.29 is 13.2 Å². The van der Waals surface area contributed by atoms with Gasteiger partial charge in [-0.3, -0.25) is 0 Å². The zero-order valence-electron chi connectivity index (χ0n) is 10.6. The molecule has 1 atom stereocenters. The Hall–Kier alpha value is -0.170. The molecule has 0 aromatic rings. The second-order valence-electron chi connectivity index (χ2n) is 4.43. The standard InChI is InChI=1S/C11H24N2O3S/c1-2-8-16-9-4-7-13-17(14,15)10-11-5-3-6-12-11/h11-13H,2-10H2,1H3. The summed E-state index contributed by atoms with van der Waals surface area (Å²) in [5.41, 5.74) is 0. The van der Waals surface area contributed by atoms with Gasteiger partial charge in [0.1, 0.15) is 0 Å². The highest BCUT2D eigenvalue weighted by molar-refractivity contribution is 7.89. The summed E-state index contributed by atoms with van der Waals surface area (Å²) in [4.78, 5) is 0.